The van der Waals surface area contributed by atoms with E-state index in [1.807, 2.05) is 39.0 Å². The van der Waals surface area contributed by atoms with Crippen LogP contribution in [-0.4, -0.2) is 16.5 Å². The van der Waals surface area contributed by atoms with Gasteiger partial charge in [0, 0.05) is 11.4 Å². The molecule has 0 heterocycles. The molecule has 0 rings (SSSR count). The van der Waals surface area contributed by atoms with E-state index in [0.29, 0.717) is 6.42 Å². The van der Waals surface area contributed by atoms with Crippen molar-refractivity contribution in [1.82, 2.24) is 0 Å². The van der Waals surface area contributed by atoms with Gasteiger partial charge in [0.1, 0.15) is 0 Å². The number of allylic oxidation sites excluding steroid dienone is 3. The fourth-order valence-corrected chi connectivity index (χ4v) is 0.944. The van der Waals surface area contributed by atoms with Crippen LogP contribution in [0.5, 0.6) is 0 Å². The van der Waals surface area contributed by atoms with Crippen molar-refractivity contribution in [1.29, 1.82) is 0 Å². The second-order valence-electron chi connectivity index (χ2n) is 3.43. The van der Waals surface area contributed by atoms with E-state index in [2.05, 4.69) is 12.6 Å². The van der Waals surface area contributed by atoms with Crippen molar-refractivity contribution in [2.24, 2.45) is 0 Å². The highest BCUT2D eigenvalue weighted by Gasteiger charge is 2.12. The molecule has 0 amide bonds. The number of aliphatic hydroxyl groups excluding tert-OH is 1. The first-order valence-electron chi connectivity index (χ1n) is 4.14. The van der Waals surface area contributed by atoms with Gasteiger partial charge < -0.3 is 5.11 Å². The third kappa shape index (κ3) is 6.50. The number of aliphatic hydroxyl groups is 1. The fraction of sp³-hybridized carbons (Fsp3) is 0.600. The summed E-state index contributed by atoms with van der Waals surface area (Å²) in [7, 11) is 0. The second-order valence-corrected chi connectivity index (χ2v) is 4.46. The first kappa shape index (κ1) is 11.8. The summed E-state index contributed by atoms with van der Waals surface area (Å²) >= 11 is 4.39. The first-order chi connectivity index (χ1) is 5.48. The predicted molar refractivity (Wildman–Crippen MR) is 57.7 cm³/mol. The third-order valence-corrected chi connectivity index (χ3v) is 1.88. The Balaban J connectivity index is 4.04. The summed E-state index contributed by atoms with van der Waals surface area (Å²) in [6.45, 7) is 6.26. The van der Waals surface area contributed by atoms with E-state index >= 15 is 0 Å². The van der Waals surface area contributed by atoms with Crippen LogP contribution in [0.4, 0.5) is 0 Å². The molecule has 0 bridgehead atoms. The van der Waals surface area contributed by atoms with Gasteiger partial charge in [-0.05, 0) is 27.2 Å². The van der Waals surface area contributed by atoms with Crippen molar-refractivity contribution >= 4 is 12.6 Å². The summed E-state index contributed by atoms with van der Waals surface area (Å²) in [6, 6.07) is 0. The van der Waals surface area contributed by atoms with E-state index in [1.165, 1.54) is 5.57 Å². The Hall–Kier alpha value is -0.210. The van der Waals surface area contributed by atoms with Crippen molar-refractivity contribution in [3.05, 3.63) is 23.8 Å². The zero-order valence-electron chi connectivity index (χ0n) is 8.04. The molecule has 0 aliphatic heterocycles. The lowest BCUT2D eigenvalue weighted by Crippen LogP contribution is -2.14. The second kappa shape index (κ2) is 5.44. The van der Waals surface area contributed by atoms with Crippen molar-refractivity contribution < 1.29 is 5.11 Å². The Kier molecular flexibility index (Phi) is 5.34. The zero-order chi connectivity index (χ0) is 9.61. The van der Waals surface area contributed by atoms with Crippen LogP contribution < -0.4 is 0 Å². The van der Waals surface area contributed by atoms with Crippen LogP contribution in [0.15, 0.2) is 23.8 Å². The number of rotatable bonds is 4. The van der Waals surface area contributed by atoms with Crippen molar-refractivity contribution in [3.8, 4) is 0 Å². The quantitative estimate of drug-likeness (QED) is 0.511. The van der Waals surface area contributed by atoms with Crippen LogP contribution in [0.1, 0.15) is 27.2 Å². The number of hydrogen-bond donors (Lipinski definition) is 2. The van der Waals surface area contributed by atoms with Crippen LogP contribution in [-0.2, 0) is 0 Å². The molecule has 0 aromatic heterocycles. The average molecular weight is 186 g/mol. The molecule has 0 radical (unpaired) electrons. The summed E-state index contributed by atoms with van der Waals surface area (Å²) in [4.78, 5) is 0. The largest absolute Gasteiger partial charge is 0.396 e. The van der Waals surface area contributed by atoms with Gasteiger partial charge in [0.25, 0.3) is 0 Å². The zero-order valence-corrected chi connectivity index (χ0v) is 8.94. The van der Waals surface area contributed by atoms with Crippen LogP contribution in [0, 0.1) is 0 Å². The average Bonchev–Trinajstić information content (AvgIpc) is 1.85. The number of thiol groups is 1. The molecule has 12 heavy (non-hydrogen) atoms. The van der Waals surface area contributed by atoms with E-state index in [-0.39, 0.29) is 11.4 Å². The highest BCUT2D eigenvalue weighted by Crippen LogP contribution is 2.19. The van der Waals surface area contributed by atoms with Gasteiger partial charge in [-0.1, -0.05) is 23.8 Å². The monoisotopic (exact) mass is 186 g/mol. The maximum Gasteiger partial charge on any atom is 0.0447 e. The summed E-state index contributed by atoms with van der Waals surface area (Å²) in [5, 5.41) is 8.71. The Morgan fingerprint density at radius 2 is 2.08 bits per heavy atom. The van der Waals surface area contributed by atoms with E-state index in [1.54, 1.807) is 0 Å². The van der Waals surface area contributed by atoms with E-state index in [9.17, 15) is 0 Å². The molecule has 0 saturated carbocycles. The normalized spacial score (nSPS) is 16.1. The highest BCUT2D eigenvalue weighted by atomic mass is 32.1. The lowest BCUT2D eigenvalue weighted by Gasteiger charge is -2.16. The molecule has 0 fully saturated rings. The van der Waals surface area contributed by atoms with E-state index in [0.717, 1.165) is 0 Å². The summed E-state index contributed by atoms with van der Waals surface area (Å²) < 4.78 is -0.194. The molecule has 0 saturated heterocycles. The van der Waals surface area contributed by atoms with Gasteiger partial charge in [-0.25, -0.2) is 0 Å². The van der Waals surface area contributed by atoms with Gasteiger partial charge in [0.2, 0.25) is 0 Å². The van der Waals surface area contributed by atoms with Gasteiger partial charge >= 0.3 is 0 Å². The predicted octanol–water partition coefficient (Wildman–Crippen LogP) is 2.58. The Bertz CT molecular complexity index is 176. The van der Waals surface area contributed by atoms with Crippen LogP contribution in [0.3, 0.4) is 0 Å². The van der Waals surface area contributed by atoms with E-state index in [4.69, 9.17) is 5.11 Å². The van der Waals surface area contributed by atoms with Gasteiger partial charge in [0.15, 0.2) is 0 Å². The minimum atomic E-state index is -0.194. The molecule has 1 atom stereocenters. The maximum absolute atomic E-state index is 8.71. The van der Waals surface area contributed by atoms with Crippen molar-refractivity contribution in [2.75, 3.05) is 6.61 Å². The molecule has 70 valence electrons. The molecule has 1 unspecified atom stereocenters. The summed E-state index contributed by atoms with van der Waals surface area (Å²) in [6.07, 6.45) is 6.70. The Labute approximate surface area is 80.6 Å². The summed E-state index contributed by atoms with van der Waals surface area (Å²) in [5.74, 6) is 0. The third-order valence-electron chi connectivity index (χ3n) is 1.50. The lowest BCUT2D eigenvalue weighted by molar-refractivity contribution is 0.280. The SMILES string of the molecule is CC(C)=CC=CC(C)(S)CCO. The fourth-order valence-electron chi connectivity index (χ4n) is 0.758. The molecular formula is C10H18OS. The molecule has 0 aromatic carbocycles. The standard InChI is InChI=1S/C10H18OS/c1-9(2)5-4-6-10(3,12)7-8-11/h4-6,11-12H,7-8H2,1-3H3. The number of hydrogen-bond acceptors (Lipinski definition) is 2. The van der Waals surface area contributed by atoms with Crippen molar-refractivity contribution in [3.63, 3.8) is 0 Å². The molecular weight excluding hydrogens is 168 g/mol. The topological polar surface area (TPSA) is 20.2 Å². The lowest BCUT2D eigenvalue weighted by atomic mass is 10.1. The highest BCUT2D eigenvalue weighted by molar-refractivity contribution is 7.82. The molecule has 0 spiro atoms. The van der Waals surface area contributed by atoms with Gasteiger partial charge in [-0.15, -0.1) is 0 Å². The maximum atomic E-state index is 8.71. The van der Waals surface area contributed by atoms with Gasteiger partial charge in [-0.3, -0.25) is 0 Å². The van der Waals surface area contributed by atoms with Crippen LogP contribution >= 0.6 is 12.6 Å². The van der Waals surface area contributed by atoms with Crippen LogP contribution in [0.25, 0.3) is 0 Å². The Morgan fingerprint density at radius 3 is 2.50 bits per heavy atom. The molecule has 0 aromatic rings. The minimum Gasteiger partial charge on any atom is -0.396 e. The van der Waals surface area contributed by atoms with Gasteiger partial charge in [0.05, 0.1) is 0 Å². The van der Waals surface area contributed by atoms with E-state index < -0.39 is 0 Å². The molecule has 0 aliphatic rings. The molecule has 1 nitrogen and oxygen atoms in total. The van der Waals surface area contributed by atoms with Crippen molar-refractivity contribution in [2.45, 2.75) is 31.9 Å². The molecule has 2 heteroatoms. The molecule has 1 N–H and O–H groups in total. The van der Waals surface area contributed by atoms with Crippen LogP contribution in [0.2, 0.25) is 0 Å². The Morgan fingerprint density at radius 1 is 1.50 bits per heavy atom. The minimum absolute atomic E-state index is 0.180. The molecule has 0 aliphatic carbocycles. The summed E-state index contributed by atoms with van der Waals surface area (Å²) in [5.41, 5.74) is 1.26. The first-order valence-corrected chi connectivity index (χ1v) is 4.58. The smallest absolute Gasteiger partial charge is 0.0447 e. The van der Waals surface area contributed by atoms with Gasteiger partial charge in [-0.2, -0.15) is 12.6 Å².